The highest BCUT2D eigenvalue weighted by Gasteiger charge is 2.38. The van der Waals surface area contributed by atoms with Crippen molar-refractivity contribution < 1.29 is 9.05 Å². The zero-order valence-corrected chi connectivity index (χ0v) is 12.8. The summed E-state index contributed by atoms with van der Waals surface area (Å²) in [5.74, 6) is 0. The predicted octanol–water partition coefficient (Wildman–Crippen LogP) is 4.42. The van der Waals surface area contributed by atoms with Gasteiger partial charge in [-0.3, -0.25) is 0 Å². The van der Waals surface area contributed by atoms with Gasteiger partial charge in [0.1, 0.15) is 6.66 Å². The first-order valence-electron chi connectivity index (χ1n) is 6.94. The Kier molecular flexibility index (Phi) is 7.50. The second-order valence-corrected chi connectivity index (χ2v) is 7.28. The Morgan fingerprint density at radius 3 is 1.83 bits per heavy atom. The van der Waals surface area contributed by atoms with Crippen LogP contribution >= 0.6 is 7.72 Å². The maximum absolute atomic E-state index is 6.09. The molecule has 0 unspecified atom stereocenters. The Balaban J connectivity index is 2.67. The summed E-state index contributed by atoms with van der Waals surface area (Å²) in [6, 6.07) is 10.4. The van der Waals surface area contributed by atoms with Crippen LogP contribution in [-0.4, -0.2) is 19.9 Å². The minimum atomic E-state index is -1.88. The van der Waals surface area contributed by atoms with Crippen molar-refractivity contribution in [3.05, 3.63) is 30.3 Å². The molecule has 18 heavy (non-hydrogen) atoms. The van der Waals surface area contributed by atoms with Gasteiger partial charge in [-0.2, -0.15) is 0 Å². The second kappa shape index (κ2) is 8.63. The number of benzene rings is 1. The zero-order chi connectivity index (χ0) is 13.3. The largest absolute Gasteiger partial charge is 0.304 e. The average Bonchev–Trinajstić information content (AvgIpc) is 2.40. The van der Waals surface area contributed by atoms with E-state index in [9.17, 15) is 0 Å². The first-order valence-corrected chi connectivity index (χ1v) is 9.01. The minimum absolute atomic E-state index is 0.793. The van der Waals surface area contributed by atoms with Crippen LogP contribution in [-0.2, 0) is 9.05 Å². The van der Waals surface area contributed by atoms with E-state index in [0.717, 1.165) is 38.9 Å². The van der Waals surface area contributed by atoms with Crippen LogP contribution in [0.2, 0.25) is 0 Å². The Hall–Kier alpha value is -0.430. The normalized spacial score (nSPS) is 11.7. The van der Waals surface area contributed by atoms with E-state index in [1.165, 1.54) is 5.30 Å². The predicted molar refractivity (Wildman–Crippen MR) is 80.6 cm³/mol. The minimum Gasteiger partial charge on any atom is -0.201 e. The monoisotopic (exact) mass is 269 g/mol. The molecular weight excluding hydrogens is 243 g/mol. The van der Waals surface area contributed by atoms with Gasteiger partial charge in [-0.25, -0.2) is 9.05 Å². The molecule has 0 aromatic heterocycles. The molecule has 102 valence electrons. The fourth-order valence-electron chi connectivity index (χ4n) is 1.65. The van der Waals surface area contributed by atoms with Crippen LogP contribution in [0, 0.1) is 0 Å². The lowest BCUT2D eigenvalue weighted by Crippen LogP contribution is -2.16. The molecule has 0 atom stereocenters. The molecule has 3 heteroatoms. The summed E-state index contributed by atoms with van der Waals surface area (Å²) in [6.45, 7) is 8.08. The van der Waals surface area contributed by atoms with Crippen LogP contribution in [0.5, 0.6) is 0 Å². The summed E-state index contributed by atoms with van der Waals surface area (Å²) >= 11 is 0. The maximum Gasteiger partial charge on any atom is 0.304 e. The van der Waals surface area contributed by atoms with Crippen molar-refractivity contribution in [3.8, 4) is 0 Å². The Morgan fingerprint density at radius 1 is 0.889 bits per heavy atom. The van der Waals surface area contributed by atoms with Gasteiger partial charge in [0.25, 0.3) is 0 Å². The van der Waals surface area contributed by atoms with E-state index in [2.05, 4.69) is 44.8 Å². The van der Waals surface area contributed by atoms with Gasteiger partial charge in [-0.1, -0.05) is 44.9 Å². The molecule has 0 bridgehead atoms. The number of unbranched alkanes of at least 4 members (excludes halogenated alkanes) is 2. The van der Waals surface area contributed by atoms with Gasteiger partial charge in [0.2, 0.25) is 0 Å². The molecule has 0 amide bonds. The molecule has 0 aliphatic heterocycles. The lowest BCUT2D eigenvalue weighted by atomic mass is 10.4. The molecule has 1 aromatic carbocycles. The van der Waals surface area contributed by atoms with Crippen LogP contribution in [0.25, 0.3) is 0 Å². The van der Waals surface area contributed by atoms with Crippen molar-refractivity contribution in [1.82, 2.24) is 0 Å². The molecule has 0 N–H and O–H groups in total. The molecule has 1 aromatic rings. The van der Waals surface area contributed by atoms with E-state index in [1.807, 2.05) is 6.07 Å². The van der Waals surface area contributed by atoms with Crippen molar-refractivity contribution in [3.63, 3.8) is 0 Å². The second-order valence-electron chi connectivity index (χ2n) is 4.55. The van der Waals surface area contributed by atoms with E-state index >= 15 is 0 Å². The molecule has 0 heterocycles. The molecule has 0 aliphatic carbocycles. The van der Waals surface area contributed by atoms with Gasteiger partial charge in [0.15, 0.2) is 5.30 Å². The SMILES string of the molecule is CCCCO[P+](C)(OCCCC)c1ccccc1. The average molecular weight is 269 g/mol. The van der Waals surface area contributed by atoms with Crippen molar-refractivity contribution in [1.29, 1.82) is 0 Å². The van der Waals surface area contributed by atoms with Crippen LogP contribution < -0.4 is 5.30 Å². The third kappa shape index (κ3) is 5.06. The zero-order valence-electron chi connectivity index (χ0n) is 11.9. The highest BCUT2D eigenvalue weighted by atomic mass is 31.2. The molecule has 0 saturated heterocycles. The van der Waals surface area contributed by atoms with Gasteiger partial charge < -0.3 is 0 Å². The smallest absolute Gasteiger partial charge is 0.201 e. The fraction of sp³-hybridized carbons (Fsp3) is 0.600. The van der Waals surface area contributed by atoms with Crippen LogP contribution in [0.15, 0.2) is 30.3 Å². The van der Waals surface area contributed by atoms with Crippen LogP contribution in [0.1, 0.15) is 39.5 Å². The standard InChI is InChI=1S/C15H26O2P/c1-4-6-13-16-18(3,17-14-7-5-2)15-11-9-8-10-12-15/h8-12H,4-7,13-14H2,1-3H3/q+1. The van der Waals surface area contributed by atoms with Gasteiger partial charge in [-0.05, 0) is 25.0 Å². The van der Waals surface area contributed by atoms with Gasteiger partial charge in [0, 0.05) is 0 Å². The van der Waals surface area contributed by atoms with Crippen LogP contribution in [0.3, 0.4) is 0 Å². The van der Waals surface area contributed by atoms with E-state index in [4.69, 9.17) is 9.05 Å². The highest BCUT2D eigenvalue weighted by molar-refractivity contribution is 7.73. The molecule has 0 aliphatic rings. The van der Waals surface area contributed by atoms with E-state index < -0.39 is 7.72 Å². The fourth-order valence-corrected chi connectivity index (χ4v) is 3.69. The Bertz CT molecular complexity index is 304. The van der Waals surface area contributed by atoms with E-state index in [0.29, 0.717) is 0 Å². The first kappa shape index (κ1) is 15.6. The molecule has 0 fully saturated rings. The number of hydrogen-bond acceptors (Lipinski definition) is 2. The van der Waals surface area contributed by atoms with Crippen molar-refractivity contribution in [2.75, 3.05) is 19.9 Å². The summed E-state index contributed by atoms with van der Waals surface area (Å²) in [7, 11) is -1.88. The lowest BCUT2D eigenvalue weighted by Gasteiger charge is -2.20. The number of rotatable bonds is 9. The Labute approximate surface area is 112 Å². The molecule has 0 radical (unpaired) electrons. The number of hydrogen-bond donors (Lipinski definition) is 0. The van der Waals surface area contributed by atoms with E-state index in [-0.39, 0.29) is 0 Å². The van der Waals surface area contributed by atoms with E-state index in [1.54, 1.807) is 0 Å². The molecule has 0 spiro atoms. The van der Waals surface area contributed by atoms with Crippen molar-refractivity contribution in [2.45, 2.75) is 39.5 Å². The maximum atomic E-state index is 6.09. The summed E-state index contributed by atoms with van der Waals surface area (Å²) in [5.41, 5.74) is 0. The summed E-state index contributed by atoms with van der Waals surface area (Å²) in [5, 5.41) is 1.21. The molecule has 0 saturated carbocycles. The third-order valence-corrected chi connectivity index (χ3v) is 5.48. The summed E-state index contributed by atoms with van der Waals surface area (Å²) in [6.07, 6.45) is 4.51. The summed E-state index contributed by atoms with van der Waals surface area (Å²) < 4.78 is 12.2. The topological polar surface area (TPSA) is 18.5 Å². The summed E-state index contributed by atoms with van der Waals surface area (Å²) in [4.78, 5) is 0. The van der Waals surface area contributed by atoms with Gasteiger partial charge in [-0.15, -0.1) is 0 Å². The quantitative estimate of drug-likeness (QED) is 0.488. The Morgan fingerprint density at radius 2 is 1.39 bits per heavy atom. The molecule has 1 rings (SSSR count). The van der Waals surface area contributed by atoms with Crippen LogP contribution in [0.4, 0.5) is 0 Å². The highest BCUT2D eigenvalue weighted by Crippen LogP contribution is 2.56. The molecule has 2 nitrogen and oxygen atoms in total. The first-order chi connectivity index (χ1) is 8.73. The third-order valence-electron chi connectivity index (χ3n) is 2.90. The van der Waals surface area contributed by atoms with Crippen molar-refractivity contribution in [2.24, 2.45) is 0 Å². The van der Waals surface area contributed by atoms with Gasteiger partial charge >= 0.3 is 7.72 Å². The molecular formula is C15H26O2P+. The van der Waals surface area contributed by atoms with Gasteiger partial charge in [0.05, 0.1) is 13.2 Å². The lowest BCUT2D eigenvalue weighted by molar-refractivity contribution is 0.236. The van der Waals surface area contributed by atoms with Crippen molar-refractivity contribution >= 4 is 13.0 Å².